The number of halogens is 1. The Balaban J connectivity index is 2.23. The van der Waals surface area contributed by atoms with Crippen molar-refractivity contribution in [1.82, 2.24) is 9.97 Å². The molecule has 0 fully saturated rings. The summed E-state index contributed by atoms with van der Waals surface area (Å²) in [6, 6.07) is 12.0. The van der Waals surface area contributed by atoms with Gasteiger partial charge in [0.1, 0.15) is 11.6 Å². The van der Waals surface area contributed by atoms with E-state index in [0.29, 0.717) is 17.1 Å². The van der Waals surface area contributed by atoms with Gasteiger partial charge in [0, 0.05) is 5.69 Å². The highest BCUT2D eigenvalue weighted by molar-refractivity contribution is 5.79. The molecule has 0 amide bonds. The van der Waals surface area contributed by atoms with Crippen LogP contribution < -0.4 is 5.73 Å². The molecule has 0 aliphatic rings. The maximum atomic E-state index is 13.7. The van der Waals surface area contributed by atoms with Gasteiger partial charge in [0.25, 0.3) is 0 Å². The number of aromatic nitrogens is 2. The number of nitrogen functional groups attached to an aromatic ring is 1. The number of hydrogen-bond donors (Lipinski definition) is 2. The highest BCUT2D eigenvalue weighted by atomic mass is 19.1. The molecular formula is C13H10FN3. The number of nitrogens with zero attached hydrogens (tertiary/aromatic N) is 1. The number of imidazole rings is 1. The van der Waals surface area contributed by atoms with Gasteiger partial charge >= 0.3 is 0 Å². The molecule has 0 radical (unpaired) electrons. The topological polar surface area (TPSA) is 54.7 Å². The second-order valence-electron chi connectivity index (χ2n) is 3.84. The normalized spacial score (nSPS) is 10.9. The Morgan fingerprint density at radius 3 is 2.76 bits per heavy atom. The van der Waals surface area contributed by atoms with Crippen LogP contribution in [-0.4, -0.2) is 9.97 Å². The van der Waals surface area contributed by atoms with Crippen LogP contribution >= 0.6 is 0 Å². The number of nitrogens with one attached hydrogen (secondary N) is 1. The van der Waals surface area contributed by atoms with Crippen LogP contribution in [0.2, 0.25) is 0 Å². The second-order valence-corrected chi connectivity index (χ2v) is 3.84. The van der Waals surface area contributed by atoms with E-state index in [9.17, 15) is 4.39 Å². The highest BCUT2D eigenvalue weighted by Crippen LogP contribution is 2.24. The Labute approximate surface area is 97.1 Å². The van der Waals surface area contributed by atoms with E-state index in [-0.39, 0.29) is 5.82 Å². The van der Waals surface area contributed by atoms with Gasteiger partial charge in [-0.1, -0.05) is 12.1 Å². The molecule has 3 nitrogen and oxygen atoms in total. The zero-order valence-electron chi connectivity index (χ0n) is 8.94. The van der Waals surface area contributed by atoms with Crippen molar-refractivity contribution in [2.45, 2.75) is 0 Å². The number of para-hydroxylation sites is 2. The molecular weight excluding hydrogens is 217 g/mol. The fraction of sp³-hybridized carbons (Fsp3) is 0. The fourth-order valence-electron chi connectivity index (χ4n) is 1.80. The SMILES string of the molecule is Nc1ccc(F)c(-c2nc3ccccc3[nH]2)c1. The molecule has 1 aromatic heterocycles. The van der Waals surface area contributed by atoms with E-state index in [1.807, 2.05) is 24.3 Å². The monoisotopic (exact) mass is 227 g/mol. The van der Waals surface area contributed by atoms with Gasteiger partial charge < -0.3 is 10.7 Å². The molecule has 0 atom stereocenters. The van der Waals surface area contributed by atoms with Gasteiger partial charge in [-0.15, -0.1) is 0 Å². The first-order valence-corrected chi connectivity index (χ1v) is 5.24. The van der Waals surface area contributed by atoms with E-state index < -0.39 is 0 Å². The van der Waals surface area contributed by atoms with Crippen LogP contribution in [0.1, 0.15) is 0 Å². The number of nitrogens with two attached hydrogens (primary N) is 1. The lowest BCUT2D eigenvalue weighted by molar-refractivity contribution is 0.630. The summed E-state index contributed by atoms with van der Waals surface area (Å²) >= 11 is 0. The molecule has 3 N–H and O–H groups in total. The first kappa shape index (κ1) is 9.84. The van der Waals surface area contributed by atoms with Crippen molar-refractivity contribution in [2.75, 3.05) is 5.73 Å². The summed E-state index contributed by atoms with van der Waals surface area (Å²) in [5, 5.41) is 0. The Hall–Kier alpha value is -2.36. The van der Waals surface area contributed by atoms with E-state index in [1.54, 1.807) is 6.07 Å². The van der Waals surface area contributed by atoms with Crippen molar-refractivity contribution in [2.24, 2.45) is 0 Å². The summed E-state index contributed by atoms with van der Waals surface area (Å²) in [5.41, 5.74) is 8.24. The summed E-state index contributed by atoms with van der Waals surface area (Å²) in [4.78, 5) is 7.41. The van der Waals surface area contributed by atoms with Crippen molar-refractivity contribution in [1.29, 1.82) is 0 Å². The van der Waals surface area contributed by atoms with Crippen LogP contribution in [0.4, 0.5) is 10.1 Å². The van der Waals surface area contributed by atoms with Crippen LogP contribution in [0.3, 0.4) is 0 Å². The van der Waals surface area contributed by atoms with Crippen molar-refractivity contribution >= 4 is 16.7 Å². The number of hydrogen-bond acceptors (Lipinski definition) is 2. The second kappa shape index (κ2) is 3.59. The number of aromatic amines is 1. The largest absolute Gasteiger partial charge is 0.399 e. The molecule has 0 aliphatic carbocycles. The molecule has 2 aromatic carbocycles. The van der Waals surface area contributed by atoms with Gasteiger partial charge in [-0.25, -0.2) is 9.37 Å². The lowest BCUT2D eigenvalue weighted by atomic mass is 10.2. The average Bonchev–Trinajstić information content (AvgIpc) is 2.75. The molecule has 1 heterocycles. The van der Waals surface area contributed by atoms with E-state index in [4.69, 9.17) is 5.73 Å². The third-order valence-electron chi connectivity index (χ3n) is 2.63. The lowest BCUT2D eigenvalue weighted by Gasteiger charge is -2.00. The summed E-state index contributed by atoms with van der Waals surface area (Å²) in [6.45, 7) is 0. The minimum atomic E-state index is -0.335. The number of benzene rings is 2. The minimum Gasteiger partial charge on any atom is -0.399 e. The summed E-state index contributed by atoms with van der Waals surface area (Å²) in [7, 11) is 0. The number of fused-ring (bicyclic) bond motifs is 1. The average molecular weight is 227 g/mol. The molecule has 0 bridgehead atoms. The molecule has 0 aliphatic heterocycles. The van der Waals surface area contributed by atoms with E-state index in [0.717, 1.165) is 11.0 Å². The quantitative estimate of drug-likeness (QED) is 0.628. The standard InChI is InChI=1S/C13H10FN3/c14-10-6-5-8(15)7-9(10)13-16-11-3-1-2-4-12(11)17-13/h1-7H,15H2,(H,16,17). The first-order chi connectivity index (χ1) is 8.24. The predicted molar refractivity (Wildman–Crippen MR) is 65.9 cm³/mol. The molecule has 4 heteroatoms. The third-order valence-corrected chi connectivity index (χ3v) is 2.63. The Kier molecular flexibility index (Phi) is 2.08. The summed E-state index contributed by atoms with van der Waals surface area (Å²) < 4.78 is 13.7. The summed E-state index contributed by atoms with van der Waals surface area (Å²) in [5.74, 6) is 0.161. The van der Waals surface area contributed by atoms with E-state index >= 15 is 0 Å². The zero-order valence-corrected chi connectivity index (χ0v) is 8.94. The first-order valence-electron chi connectivity index (χ1n) is 5.24. The predicted octanol–water partition coefficient (Wildman–Crippen LogP) is 2.95. The zero-order chi connectivity index (χ0) is 11.8. The molecule has 3 rings (SSSR count). The van der Waals surface area contributed by atoms with Crippen LogP contribution in [0, 0.1) is 5.82 Å². The lowest BCUT2D eigenvalue weighted by Crippen LogP contribution is -1.90. The highest BCUT2D eigenvalue weighted by Gasteiger charge is 2.09. The third kappa shape index (κ3) is 1.63. The van der Waals surface area contributed by atoms with Gasteiger partial charge in [0.15, 0.2) is 0 Å². The van der Waals surface area contributed by atoms with Gasteiger partial charge in [-0.3, -0.25) is 0 Å². The Morgan fingerprint density at radius 2 is 1.94 bits per heavy atom. The van der Waals surface area contributed by atoms with Crippen LogP contribution in [0.15, 0.2) is 42.5 Å². The number of H-pyrrole nitrogens is 1. The molecule has 3 aromatic rings. The van der Waals surface area contributed by atoms with Crippen molar-refractivity contribution in [3.8, 4) is 11.4 Å². The molecule has 17 heavy (non-hydrogen) atoms. The minimum absolute atomic E-state index is 0.335. The molecule has 0 spiro atoms. The van der Waals surface area contributed by atoms with Crippen molar-refractivity contribution in [3.05, 3.63) is 48.3 Å². The van der Waals surface area contributed by atoms with E-state index in [2.05, 4.69) is 9.97 Å². The smallest absolute Gasteiger partial charge is 0.141 e. The van der Waals surface area contributed by atoms with Gasteiger partial charge in [0.2, 0.25) is 0 Å². The fourth-order valence-corrected chi connectivity index (χ4v) is 1.80. The van der Waals surface area contributed by atoms with Crippen LogP contribution in [0.5, 0.6) is 0 Å². The van der Waals surface area contributed by atoms with E-state index in [1.165, 1.54) is 12.1 Å². The van der Waals surface area contributed by atoms with Crippen molar-refractivity contribution < 1.29 is 4.39 Å². The molecule has 0 saturated heterocycles. The van der Waals surface area contributed by atoms with Gasteiger partial charge in [-0.2, -0.15) is 0 Å². The molecule has 0 unspecified atom stereocenters. The number of anilines is 1. The maximum Gasteiger partial charge on any atom is 0.141 e. The Morgan fingerprint density at radius 1 is 1.12 bits per heavy atom. The summed E-state index contributed by atoms with van der Waals surface area (Å²) in [6.07, 6.45) is 0. The van der Waals surface area contributed by atoms with Crippen LogP contribution in [-0.2, 0) is 0 Å². The molecule has 0 saturated carbocycles. The van der Waals surface area contributed by atoms with Crippen molar-refractivity contribution in [3.63, 3.8) is 0 Å². The van der Waals surface area contributed by atoms with Crippen LogP contribution in [0.25, 0.3) is 22.4 Å². The van der Waals surface area contributed by atoms with Gasteiger partial charge in [0.05, 0.1) is 16.6 Å². The van der Waals surface area contributed by atoms with Gasteiger partial charge in [-0.05, 0) is 30.3 Å². The number of rotatable bonds is 1. The molecule has 84 valence electrons. The Bertz CT molecular complexity index is 655. The maximum absolute atomic E-state index is 13.7.